The summed E-state index contributed by atoms with van der Waals surface area (Å²) in [6.07, 6.45) is 0. The van der Waals surface area contributed by atoms with E-state index in [1.54, 1.807) is 36.4 Å². The van der Waals surface area contributed by atoms with Crippen LogP contribution in [0.3, 0.4) is 0 Å². The number of hydrogen-bond donors (Lipinski definition) is 1. The molecule has 1 aliphatic rings. The van der Waals surface area contributed by atoms with E-state index in [1.807, 2.05) is 6.07 Å². The van der Waals surface area contributed by atoms with Crippen LogP contribution in [-0.4, -0.2) is 25.1 Å². The van der Waals surface area contributed by atoms with E-state index >= 15 is 0 Å². The number of ether oxygens (including phenoxy) is 3. The number of fused-ring (bicyclic) bond motifs is 1. The lowest BCUT2D eigenvalue weighted by Crippen LogP contribution is -2.21. The Kier molecular flexibility index (Phi) is 4.53. The van der Waals surface area contributed by atoms with Crippen LogP contribution in [0.2, 0.25) is 0 Å². The molecule has 2 aromatic rings. The van der Waals surface area contributed by atoms with Crippen molar-refractivity contribution in [3.05, 3.63) is 47.5 Å². The number of nitrogens with one attached hydrogen (secondary N) is 1. The van der Waals surface area contributed by atoms with E-state index in [0.29, 0.717) is 34.1 Å². The predicted molar refractivity (Wildman–Crippen MR) is 87.9 cm³/mol. The first-order valence-electron chi connectivity index (χ1n) is 7.44. The van der Waals surface area contributed by atoms with Gasteiger partial charge in [-0.25, -0.2) is 0 Å². The maximum Gasteiger partial charge on any atom is 0.262 e. The first-order chi connectivity index (χ1) is 12.1. The Morgan fingerprint density at radius 1 is 1.20 bits per heavy atom. The minimum Gasteiger partial charge on any atom is -0.484 e. The molecule has 1 aliphatic heterocycles. The lowest BCUT2D eigenvalue weighted by molar-refractivity contribution is -0.118. The number of hydrogen-bond acceptors (Lipinski definition) is 6. The molecule has 7 heteroatoms. The highest BCUT2D eigenvalue weighted by molar-refractivity contribution is 6.04. The number of Topliss-reactive ketones (excluding diaryl/α,β-unsaturated/α-hetero) is 1. The molecule has 1 N–H and O–H groups in total. The molecule has 3 rings (SSSR count). The highest BCUT2D eigenvalue weighted by Crippen LogP contribution is 2.37. The largest absolute Gasteiger partial charge is 0.484 e. The van der Waals surface area contributed by atoms with Gasteiger partial charge in [-0.15, -0.1) is 0 Å². The number of nitrogens with zero attached hydrogens (tertiary/aromatic N) is 1. The van der Waals surface area contributed by atoms with Gasteiger partial charge in [0, 0.05) is 11.6 Å². The summed E-state index contributed by atoms with van der Waals surface area (Å²) < 4.78 is 15.9. The van der Waals surface area contributed by atoms with Crippen molar-refractivity contribution in [2.24, 2.45) is 0 Å². The maximum atomic E-state index is 12.1. The zero-order valence-corrected chi connectivity index (χ0v) is 13.4. The molecule has 0 radical (unpaired) electrons. The highest BCUT2D eigenvalue weighted by atomic mass is 16.7. The zero-order chi connectivity index (χ0) is 17.8. The van der Waals surface area contributed by atoms with E-state index in [1.165, 1.54) is 6.92 Å². The standard InChI is InChI=1S/C18H14N2O5/c1-11(21)14-6-16-17(25-10-24-16)7-15(14)20-18(22)9-23-13-4-2-12(8-19)3-5-13/h2-7H,9-10H2,1H3,(H,20,22). The van der Waals surface area contributed by atoms with Crippen LogP contribution in [0.5, 0.6) is 17.2 Å². The summed E-state index contributed by atoms with van der Waals surface area (Å²) in [5, 5.41) is 11.4. The van der Waals surface area contributed by atoms with Crippen molar-refractivity contribution >= 4 is 17.4 Å². The Morgan fingerprint density at radius 2 is 1.88 bits per heavy atom. The average Bonchev–Trinajstić information content (AvgIpc) is 3.07. The summed E-state index contributed by atoms with van der Waals surface area (Å²) in [7, 11) is 0. The van der Waals surface area contributed by atoms with E-state index in [-0.39, 0.29) is 19.2 Å². The average molecular weight is 338 g/mol. The molecule has 2 aromatic carbocycles. The van der Waals surface area contributed by atoms with Crippen LogP contribution in [0.25, 0.3) is 0 Å². The third kappa shape index (κ3) is 3.70. The first kappa shape index (κ1) is 16.3. The third-order valence-corrected chi connectivity index (χ3v) is 3.52. The molecule has 126 valence electrons. The number of nitriles is 1. The smallest absolute Gasteiger partial charge is 0.262 e. The second-order valence-corrected chi connectivity index (χ2v) is 5.28. The van der Waals surface area contributed by atoms with Crippen LogP contribution in [-0.2, 0) is 4.79 Å². The lowest BCUT2D eigenvalue weighted by Gasteiger charge is -2.11. The topological polar surface area (TPSA) is 97.7 Å². The summed E-state index contributed by atoms with van der Waals surface area (Å²) in [6.45, 7) is 1.24. The summed E-state index contributed by atoms with van der Waals surface area (Å²) in [4.78, 5) is 23.9. The number of carbonyl (C=O) groups is 2. The minimum atomic E-state index is -0.425. The van der Waals surface area contributed by atoms with Crippen molar-refractivity contribution in [2.75, 3.05) is 18.7 Å². The van der Waals surface area contributed by atoms with Crippen LogP contribution < -0.4 is 19.5 Å². The molecule has 0 saturated carbocycles. The molecule has 1 heterocycles. The number of carbonyl (C=O) groups excluding carboxylic acids is 2. The zero-order valence-electron chi connectivity index (χ0n) is 13.4. The predicted octanol–water partition coefficient (Wildman–Crippen LogP) is 2.51. The fraction of sp³-hybridized carbons (Fsp3) is 0.167. The Bertz CT molecular complexity index is 868. The minimum absolute atomic E-state index is 0.0753. The number of amides is 1. The number of anilines is 1. The quantitative estimate of drug-likeness (QED) is 0.841. The van der Waals surface area contributed by atoms with Gasteiger partial charge in [0.25, 0.3) is 5.91 Å². The molecule has 0 aliphatic carbocycles. The maximum absolute atomic E-state index is 12.1. The molecule has 0 unspecified atom stereocenters. The van der Waals surface area contributed by atoms with E-state index in [0.717, 1.165) is 0 Å². The van der Waals surface area contributed by atoms with Crippen LogP contribution in [0.1, 0.15) is 22.8 Å². The highest BCUT2D eigenvalue weighted by Gasteiger charge is 2.20. The number of rotatable bonds is 5. The number of benzene rings is 2. The molecule has 25 heavy (non-hydrogen) atoms. The van der Waals surface area contributed by atoms with E-state index in [2.05, 4.69) is 5.32 Å². The monoisotopic (exact) mass is 338 g/mol. The Hall–Kier alpha value is -3.53. The second-order valence-electron chi connectivity index (χ2n) is 5.28. The van der Waals surface area contributed by atoms with Gasteiger partial charge in [-0.3, -0.25) is 9.59 Å². The van der Waals surface area contributed by atoms with Gasteiger partial charge in [0.05, 0.1) is 17.3 Å². The summed E-state index contributed by atoms with van der Waals surface area (Å²) in [6, 6.07) is 11.5. The van der Waals surface area contributed by atoms with Crippen LogP contribution >= 0.6 is 0 Å². The van der Waals surface area contributed by atoms with Crippen LogP contribution in [0, 0.1) is 11.3 Å². The van der Waals surface area contributed by atoms with Gasteiger partial charge in [-0.1, -0.05) is 0 Å². The second kappa shape index (κ2) is 6.93. The number of ketones is 1. The van der Waals surface area contributed by atoms with Crippen molar-refractivity contribution in [2.45, 2.75) is 6.92 Å². The van der Waals surface area contributed by atoms with Gasteiger partial charge in [-0.05, 0) is 37.3 Å². The van der Waals surface area contributed by atoms with Gasteiger partial charge >= 0.3 is 0 Å². The van der Waals surface area contributed by atoms with Gasteiger partial charge < -0.3 is 19.5 Å². The fourth-order valence-electron chi connectivity index (χ4n) is 2.30. The van der Waals surface area contributed by atoms with Crippen molar-refractivity contribution in [1.82, 2.24) is 0 Å². The summed E-state index contributed by atoms with van der Waals surface area (Å²) in [5.74, 6) is 0.768. The Balaban J connectivity index is 1.68. The summed E-state index contributed by atoms with van der Waals surface area (Å²) in [5.41, 5.74) is 1.17. The molecule has 0 spiro atoms. The molecular weight excluding hydrogens is 324 g/mol. The summed E-state index contributed by atoms with van der Waals surface area (Å²) >= 11 is 0. The van der Waals surface area contributed by atoms with E-state index < -0.39 is 5.91 Å². The molecule has 0 bridgehead atoms. The van der Waals surface area contributed by atoms with E-state index in [9.17, 15) is 9.59 Å². The Labute approximate surface area is 143 Å². The van der Waals surface area contributed by atoms with Crippen molar-refractivity contribution in [1.29, 1.82) is 5.26 Å². The van der Waals surface area contributed by atoms with Gasteiger partial charge in [0.2, 0.25) is 6.79 Å². The van der Waals surface area contributed by atoms with E-state index in [4.69, 9.17) is 19.5 Å². The van der Waals surface area contributed by atoms with Crippen LogP contribution in [0.4, 0.5) is 5.69 Å². The molecule has 0 aromatic heterocycles. The SMILES string of the molecule is CC(=O)c1cc2c(cc1NC(=O)COc1ccc(C#N)cc1)OCO2. The lowest BCUT2D eigenvalue weighted by atomic mass is 10.1. The molecule has 0 fully saturated rings. The Morgan fingerprint density at radius 3 is 2.52 bits per heavy atom. The fourth-order valence-corrected chi connectivity index (χ4v) is 2.30. The van der Waals surface area contributed by atoms with Crippen molar-refractivity contribution < 1.29 is 23.8 Å². The molecule has 0 atom stereocenters. The van der Waals surface area contributed by atoms with Crippen molar-refractivity contribution in [3.8, 4) is 23.3 Å². The van der Waals surface area contributed by atoms with Crippen molar-refractivity contribution in [3.63, 3.8) is 0 Å². The third-order valence-electron chi connectivity index (χ3n) is 3.52. The normalized spacial score (nSPS) is 11.5. The molecule has 0 saturated heterocycles. The van der Waals surface area contributed by atoms with Gasteiger partial charge in [0.15, 0.2) is 23.9 Å². The van der Waals surface area contributed by atoms with Gasteiger partial charge in [0.1, 0.15) is 5.75 Å². The van der Waals surface area contributed by atoms with Crippen LogP contribution in [0.15, 0.2) is 36.4 Å². The first-order valence-corrected chi connectivity index (χ1v) is 7.44. The molecular formula is C18H14N2O5. The molecule has 1 amide bonds. The molecule has 7 nitrogen and oxygen atoms in total. The van der Waals surface area contributed by atoms with Gasteiger partial charge in [-0.2, -0.15) is 5.26 Å².